The number of rotatable bonds is 8. The maximum absolute atomic E-state index is 5.89. The molecule has 0 aliphatic carbocycles. The highest BCUT2D eigenvalue weighted by molar-refractivity contribution is 6.30. The van der Waals surface area contributed by atoms with Gasteiger partial charge in [0.05, 0.1) is 12.7 Å². The summed E-state index contributed by atoms with van der Waals surface area (Å²) in [6.45, 7) is 9.19. The highest BCUT2D eigenvalue weighted by Gasteiger charge is 2.06. The maximum atomic E-state index is 5.89. The van der Waals surface area contributed by atoms with Crippen LogP contribution in [0.15, 0.2) is 24.3 Å². The molecule has 0 bridgehead atoms. The lowest BCUT2D eigenvalue weighted by Crippen LogP contribution is -2.31. The van der Waals surface area contributed by atoms with Gasteiger partial charge in [-0.25, -0.2) is 0 Å². The largest absolute Gasteiger partial charge is 0.372 e. The van der Waals surface area contributed by atoms with Gasteiger partial charge >= 0.3 is 0 Å². The van der Waals surface area contributed by atoms with Crippen molar-refractivity contribution in [1.82, 2.24) is 5.32 Å². The first-order valence-electron chi connectivity index (χ1n) is 6.68. The SMILES string of the molecule is CCC(CNCC(C)C)OCc1ccc(Cl)cc1. The minimum absolute atomic E-state index is 0.277. The number of halogens is 1. The Balaban J connectivity index is 2.28. The van der Waals surface area contributed by atoms with Crippen LogP contribution in [-0.2, 0) is 11.3 Å². The first-order valence-corrected chi connectivity index (χ1v) is 7.06. The molecule has 0 saturated carbocycles. The molecule has 1 atom stereocenters. The molecule has 1 aromatic rings. The van der Waals surface area contributed by atoms with Gasteiger partial charge in [0.2, 0.25) is 0 Å². The fourth-order valence-corrected chi connectivity index (χ4v) is 1.77. The van der Waals surface area contributed by atoms with E-state index in [1.165, 1.54) is 5.56 Å². The van der Waals surface area contributed by atoms with Crippen molar-refractivity contribution < 1.29 is 4.74 Å². The third-order valence-corrected chi connectivity index (χ3v) is 3.03. The van der Waals surface area contributed by atoms with Crippen molar-refractivity contribution in [2.75, 3.05) is 13.1 Å². The molecular weight excluding hydrogens is 246 g/mol. The lowest BCUT2D eigenvalue weighted by molar-refractivity contribution is 0.0381. The molecule has 0 aromatic heterocycles. The average molecular weight is 270 g/mol. The summed E-state index contributed by atoms with van der Waals surface area (Å²) in [7, 11) is 0. The van der Waals surface area contributed by atoms with E-state index >= 15 is 0 Å². The van der Waals surface area contributed by atoms with E-state index < -0.39 is 0 Å². The molecule has 3 heteroatoms. The average Bonchev–Trinajstić information content (AvgIpc) is 2.35. The summed E-state index contributed by atoms with van der Waals surface area (Å²) in [4.78, 5) is 0. The fraction of sp³-hybridized carbons (Fsp3) is 0.600. The molecule has 0 saturated heterocycles. The quantitative estimate of drug-likeness (QED) is 0.773. The van der Waals surface area contributed by atoms with Crippen LogP contribution in [0.4, 0.5) is 0 Å². The van der Waals surface area contributed by atoms with Crippen molar-refractivity contribution in [2.45, 2.75) is 39.9 Å². The van der Waals surface area contributed by atoms with Gasteiger partial charge in [-0.2, -0.15) is 0 Å². The van der Waals surface area contributed by atoms with E-state index in [9.17, 15) is 0 Å². The van der Waals surface area contributed by atoms with Crippen molar-refractivity contribution in [2.24, 2.45) is 5.92 Å². The molecule has 0 spiro atoms. The summed E-state index contributed by atoms with van der Waals surface area (Å²) >= 11 is 5.85. The van der Waals surface area contributed by atoms with Crippen LogP contribution in [0.1, 0.15) is 32.8 Å². The second kappa shape index (κ2) is 8.52. The summed E-state index contributed by atoms with van der Waals surface area (Å²) in [5.74, 6) is 0.679. The highest BCUT2D eigenvalue weighted by Crippen LogP contribution is 2.11. The Morgan fingerprint density at radius 2 is 1.83 bits per heavy atom. The van der Waals surface area contributed by atoms with Crippen LogP contribution in [0, 0.1) is 5.92 Å². The lowest BCUT2D eigenvalue weighted by Gasteiger charge is -2.17. The number of hydrogen-bond donors (Lipinski definition) is 1. The van der Waals surface area contributed by atoms with E-state index in [0.717, 1.165) is 24.5 Å². The molecular formula is C15H24ClNO. The Morgan fingerprint density at radius 1 is 1.17 bits per heavy atom. The van der Waals surface area contributed by atoms with E-state index in [-0.39, 0.29) is 6.10 Å². The second-order valence-corrected chi connectivity index (χ2v) is 5.46. The van der Waals surface area contributed by atoms with Gasteiger partial charge in [-0.05, 0) is 36.6 Å². The van der Waals surface area contributed by atoms with E-state index in [0.29, 0.717) is 12.5 Å². The molecule has 0 radical (unpaired) electrons. The normalized spacial score (nSPS) is 12.9. The summed E-state index contributed by atoms with van der Waals surface area (Å²) < 4.78 is 5.89. The molecule has 1 rings (SSSR count). The first kappa shape index (κ1) is 15.5. The van der Waals surface area contributed by atoms with Gasteiger partial charge in [-0.1, -0.05) is 44.5 Å². The number of ether oxygens (including phenoxy) is 1. The monoisotopic (exact) mass is 269 g/mol. The second-order valence-electron chi connectivity index (χ2n) is 5.02. The third kappa shape index (κ3) is 6.39. The minimum Gasteiger partial charge on any atom is -0.372 e. The van der Waals surface area contributed by atoms with E-state index in [1.807, 2.05) is 24.3 Å². The fourth-order valence-electron chi connectivity index (χ4n) is 1.65. The van der Waals surface area contributed by atoms with Crippen LogP contribution >= 0.6 is 11.6 Å². The molecule has 2 nitrogen and oxygen atoms in total. The van der Waals surface area contributed by atoms with Crippen LogP contribution in [-0.4, -0.2) is 19.2 Å². The maximum Gasteiger partial charge on any atom is 0.0721 e. The lowest BCUT2D eigenvalue weighted by atomic mass is 10.2. The zero-order valence-corrected chi connectivity index (χ0v) is 12.3. The summed E-state index contributed by atoms with van der Waals surface area (Å²) in [6, 6.07) is 7.82. The molecule has 0 aliphatic rings. The Kier molecular flexibility index (Phi) is 7.33. The van der Waals surface area contributed by atoms with Gasteiger partial charge in [-0.15, -0.1) is 0 Å². The van der Waals surface area contributed by atoms with Gasteiger partial charge in [0.1, 0.15) is 0 Å². The Morgan fingerprint density at radius 3 is 2.39 bits per heavy atom. The zero-order valence-electron chi connectivity index (χ0n) is 11.6. The van der Waals surface area contributed by atoms with Gasteiger partial charge in [-0.3, -0.25) is 0 Å². The standard InChI is InChI=1S/C15H24ClNO/c1-4-15(10-17-9-12(2)3)18-11-13-5-7-14(16)8-6-13/h5-8,12,15,17H,4,9-11H2,1-3H3. The van der Waals surface area contributed by atoms with Crippen LogP contribution in [0.5, 0.6) is 0 Å². The number of nitrogens with one attached hydrogen (secondary N) is 1. The molecule has 1 aromatic carbocycles. The van der Waals surface area contributed by atoms with Gasteiger partial charge in [0.25, 0.3) is 0 Å². The predicted octanol–water partition coefficient (Wildman–Crippen LogP) is 3.88. The van der Waals surface area contributed by atoms with E-state index in [4.69, 9.17) is 16.3 Å². The van der Waals surface area contributed by atoms with E-state index in [1.54, 1.807) is 0 Å². The molecule has 0 amide bonds. The number of hydrogen-bond acceptors (Lipinski definition) is 2. The molecule has 0 heterocycles. The van der Waals surface area contributed by atoms with Crippen molar-refractivity contribution in [3.63, 3.8) is 0 Å². The molecule has 1 N–H and O–H groups in total. The summed E-state index contributed by atoms with van der Waals surface area (Å²) in [5.41, 5.74) is 1.17. The van der Waals surface area contributed by atoms with Crippen LogP contribution in [0.2, 0.25) is 5.02 Å². The Labute approximate surface area is 116 Å². The predicted molar refractivity (Wildman–Crippen MR) is 78.0 cm³/mol. The van der Waals surface area contributed by atoms with E-state index in [2.05, 4.69) is 26.1 Å². The van der Waals surface area contributed by atoms with Gasteiger partial charge in [0.15, 0.2) is 0 Å². The van der Waals surface area contributed by atoms with Gasteiger partial charge < -0.3 is 10.1 Å². The smallest absolute Gasteiger partial charge is 0.0721 e. The van der Waals surface area contributed by atoms with Crippen molar-refractivity contribution >= 4 is 11.6 Å². The topological polar surface area (TPSA) is 21.3 Å². The van der Waals surface area contributed by atoms with Crippen molar-refractivity contribution in [3.8, 4) is 0 Å². The van der Waals surface area contributed by atoms with Gasteiger partial charge in [0, 0.05) is 11.6 Å². The summed E-state index contributed by atoms with van der Waals surface area (Å²) in [5, 5.41) is 4.20. The summed E-state index contributed by atoms with van der Waals surface area (Å²) in [6.07, 6.45) is 1.30. The molecule has 18 heavy (non-hydrogen) atoms. The van der Waals surface area contributed by atoms with Crippen molar-refractivity contribution in [1.29, 1.82) is 0 Å². The van der Waals surface area contributed by atoms with Crippen molar-refractivity contribution in [3.05, 3.63) is 34.9 Å². The number of benzene rings is 1. The molecule has 0 fully saturated rings. The van der Waals surface area contributed by atoms with Crippen LogP contribution in [0.25, 0.3) is 0 Å². The zero-order chi connectivity index (χ0) is 13.4. The highest BCUT2D eigenvalue weighted by atomic mass is 35.5. The van der Waals surface area contributed by atoms with Crippen LogP contribution in [0.3, 0.4) is 0 Å². The minimum atomic E-state index is 0.277. The Hall–Kier alpha value is -0.570. The Bertz CT molecular complexity index is 324. The third-order valence-electron chi connectivity index (χ3n) is 2.78. The first-order chi connectivity index (χ1) is 8.61. The molecule has 1 unspecified atom stereocenters. The van der Waals surface area contributed by atoms with Crippen LogP contribution < -0.4 is 5.32 Å². The molecule has 0 aliphatic heterocycles. The molecule has 102 valence electrons.